The first-order chi connectivity index (χ1) is 8.34. The van der Waals surface area contributed by atoms with E-state index in [1.807, 2.05) is 30.3 Å². The molecular weight excluding hydrogens is 218 g/mol. The van der Waals surface area contributed by atoms with Gasteiger partial charge in [0.15, 0.2) is 0 Å². The standard InChI is InChI=1S/C11H9N5O/c17-10-9(6-8-4-2-1-3-5-8)7-12-11-13-14-15-16(10)11/h1-5,7H,6H2,(H,12,13,15). The normalized spacial score (nSPS) is 10.8. The number of nitrogens with zero attached hydrogens (tertiary/aromatic N) is 4. The molecule has 0 saturated carbocycles. The number of benzene rings is 1. The highest BCUT2D eigenvalue weighted by Gasteiger charge is 2.07. The lowest BCUT2D eigenvalue weighted by Crippen LogP contribution is -2.20. The van der Waals surface area contributed by atoms with Crippen LogP contribution in [0.4, 0.5) is 0 Å². The number of nitrogens with one attached hydrogen (secondary N) is 1. The van der Waals surface area contributed by atoms with Crippen LogP contribution in [0.25, 0.3) is 5.78 Å². The Balaban J connectivity index is 2.07. The monoisotopic (exact) mass is 227 g/mol. The molecule has 1 aromatic carbocycles. The van der Waals surface area contributed by atoms with Crippen LogP contribution in [-0.4, -0.2) is 25.0 Å². The third kappa shape index (κ3) is 1.69. The molecule has 0 amide bonds. The Kier molecular flexibility index (Phi) is 2.18. The van der Waals surface area contributed by atoms with Crippen molar-refractivity contribution in [3.8, 4) is 0 Å². The summed E-state index contributed by atoms with van der Waals surface area (Å²) in [7, 11) is 0. The molecule has 6 heteroatoms. The number of fused-ring (bicyclic) bond motifs is 1. The van der Waals surface area contributed by atoms with Gasteiger partial charge >= 0.3 is 0 Å². The van der Waals surface area contributed by atoms with Crippen LogP contribution >= 0.6 is 0 Å². The maximum absolute atomic E-state index is 12.0. The molecule has 0 aliphatic carbocycles. The zero-order chi connectivity index (χ0) is 11.7. The van der Waals surface area contributed by atoms with Gasteiger partial charge in [-0.05, 0) is 10.8 Å². The Morgan fingerprint density at radius 3 is 2.88 bits per heavy atom. The summed E-state index contributed by atoms with van der Waals surface area (Å²) in [6.07, 6.45) is 2.10. The summed E-state index contributed by atoms with van der Waals surface area (Å²) in [6.45, 7) is 0. The second-order valence-corrected chi connectivity index (χ2v) is 3.69. The number of hydrogen-bond donors (Lipinski definition) is 1. The van der Waals surface area contributed by atoms with Crippen LogP contribution in [0.5, 0.6) is 0 Å². The first-order valence-corrected chi connectivity index (χ1v) is 5.16. The fourth-order valence-corrected chi connectivity index (χ4v) is 1.69. The van der Waals surface area contributed by atoms with Gasteiger partial charge in [-0.3, -0.25) is 4.79 Å². The minimum Gasteiger partial charge on any atom is -0.267 e. The average molecular weight is 227 g/mol. The van der Waals surface area contributed by atoms with Gasteiger partial charge in [0, 0.05) is 18.2 Å². The van der Waals surface area contributed by atoms with Crippen LogP contribution < -0.4 is 5.56 Å². The molecule has 17 heavy (non-hydrogen) atoms. The first-order valence-electron chi connectivity index (χ1n) is 5.16. The maximum atomic E-state index is 12.0. The SMILES string of the molecule is O=c1c(Cc2ccccc2)cnc2nn[nH]n12. The summed E-state index contributed by atoms with van der Waals surface area (Å²) in [6, 6.07) is 9.77. The minimum absolute atomic E-state index is 0.163. The summed E-state index contributed by atoms with van der Waals surface area (Å²) in [4.78, 5) is 16.1. The topological polar surface area (TPSA) is 75.9 Å². The molecule has 0 radical (unpaired) electrons. The van der Waals surface area contributed by atoms with Crippen molar-refractivity contribution in [1.82, 2.24) is 25.0 Å². The summed E-state index contributed by atoms with van der Waals surface area (Å²) >= 11 is 0. The minimum atomic E-state index is -0.163. The van der Waals surface area contributed by atoms with Crippen LogP contribution in [0.15, 0.2) is 41.3 Å². The molecule has 0 unspecified atom stereocenters. The Bertz CT molecular complexity index is 700. The highest BCUT2D eigenvalue weighted by molar-refractivity contribution is 5.28. The van der Waals surface area contributed by atoms with E-state index in [1.54, 1.807) is 6.20 Å². The Morgan fingerprint density at radius 1 is 1.24 bits per heavy atom. The molecule has 84 valence electrons. The van der Waals surface area contributed by atoms with E-state index >= 15 is 0 Å². The predicted octanol–water partition coefficient (Wildman–Crippen LogP) is 0.403. The van der Waals surface area contributed by atoms with Crippen molar-refractivity contribution in [3.05, 3.63) is 58.0 Å². The lowest BCUT2D eigenvalue weighted by molar-refractivity contribution is 0.791. The second kappa shape index (κ2) is 3.82. The van der Waals surface area contributed by atoms with Gasteiger partial charge in [0.1, 0.15) is 0 Å². The van der Waals surface area contributed by atoms with Gasteiger partial charge in [-0.2, -0.15) is 9.73 Å². The molecule has 0 saturated heterocycles. The summed E-state index contributed by atoms with van der Waals surface area (Å²) in [5, 5.41) is 9.70. The zero-order valence-electron chi connectivity index (χ0n) is 8.87. The van der Waals surface area contributed by atoms with Crippen LogP contribution in [0.1, 0.15) is 11.1 Å². The molecule has 3 aromatic rings. The van der Waals surface area contributed by atoms with E-state index < -0.39 is 0 Å². The smallest absolute Gasteiger partial charge is 0.267 e. The molecular formula is C11H9N5O. The quantitative estimate of drug-likeness (QED) is 0.687. The fraction of sp³-hybridized carbons (Fsp3) is 0.0909. The molecule has 0 fully saturated rings. The van der Waals surface area contributed by atoms with Crippen molar-refractivity contribution in [3.63, 3.8) is 0 Å². The Morgan fingerprint density at radius 2 is 2.06 bits per heavy atom. The van der Waals surface area contributed by atoms with E-state index in [4.69, 9.17) is 0 Å². The molecule has 1 N–H and O–H groups in total. The molecule has 2 aromatic heterocycles. The molecule has 0 aliphatic rings. The highest BCUT2D eigenvalue weighted by atomic mass is 16.1. The summed E-state index contributed by atoms with van der Waals surface area (Å²) < 4.78 is 1.23. The van der Waals surface area contributed by atoms with Gasteiger partial charge in [0.05, 0.1) is 0 Å². The number of tetrazole rings is 1. The number of rotatable bonds is 2. The summed E-state index contributed by atoms with van der Waals surface area (Å²) in [5.74, 6) is 0.284. The van der Waals surface area contributed by atoms with E-state index in [2.05, 4.69) is 20.5 Å². The van der Waals surface area contributed by atoms with Crippen molar-refractivity contribution < 1.29 is 0 Å². The van der Waals surface area contributed by atoms with Crippen LogP contribution in [0.2, 0.25) is 0 Å². The van der Waals surface area contributed by atoms with Gasteiger partial charge < -0.3 is 0 Å². The number of hydrogen-bond acceptors (Lipinski definition) is 4. The lowest BCUT2D eigenvalue weighted by atomic mass is 10.1. The van der Waals surface area contributed by atoms with Gasteiger partial charge in [0.2, 0.25) is 0 Å². The molecule has 3 rings (SSSR count). The molecule has 0 atom stereocenters. The third-order valence-corrected chi connectivity index (χ3v) is 2.54. The number of aromatic nitrogens is 5. The van der Waals surface area contributed by atoms with Crippen molar-refractivity contribution >= 4 is 5.78 Å². The predicted molar refractivity (Wildman–Crippen MR) is 60.7 cm³/mol. The van der Waals surface area contributed by atoms with Gasteiger partial charge in [-0.1, -0.05) is 35.4 Å². The van der Waals surface area contributed by atoms with E-state index in [-0.39, 0.29) is 11.3 Å². The molecule has 2 heterocycles. The van der Waals surface area contributed by atoms with E-state index in [0.29, 0.717) is 12.0 Å². The van der Waals surface area contributed by atoms with E-state index in [9.17, 15) is 4.79 Å². The van der Waals surface area contributed by atoms with Crippen molar-refractivity contribution in [2.45, 2.75) is 6.42 Å². The Labute approximate surface area is 95.9 Å². The van der Waals surface area contributed by atoms with Crippen molar-refractivity contribution in [2.24, 2.45) is 0 Å². The highest BCUT2D eigenvalue weighted by Crippen LogP contribution is 2.04. The van der Waals surface area contributed by atoms with Gasteiger partial charge in [0.25, 0.3) is 11.3 Å². The Hall–Kier alpha value is -2.50. The summed E-state index contributed by atoms with van der Waals surface area (Å²) in [5.41, 5.74) is 1.52. The van der Waals surface area contributed by atoms with Gasteiger partial charge in [-0.25, -0.2) is 4.98 Å². The maximum Gasteiger partial charge on any atom is 0.278 e. The lowest BCUT2D eigenvalue weighted by Gasteiger charge is -2.00. The second-order valence-electron chi connectivity index (χ2n) is 3.69. The molecule has 6 nitrogen and oxygen atoms in total. The van der Waals surface area contributed by atoms with E-state index in [0.717, 1.165) is 5.56 Å². The van der Waals surface area contributed by atoms with E-state index in [1.165, 1.54) is 4.52 Å². The fourth-order valence-electron chi connectivity index (χ4n) is 1.69. The van der Waals surface area contributed by atoms with Crippen LogP contribution in [-0.2, 0) is 6.42 Å². The van der Waals surface area contributed by atoms with Crippen LogP contribution in [0.3, 0.4) is 0 Å². The largest absolute Gasteiger partial charge is 0.278 e. The van der Waals surface area contributed by atoms with Crippen molar-refractivity contribution in [2.75, 3.05) is 0 Å². The first kappa shape index (κ1) is 9.71. The molecule has 0 spiro atoms. The molecule has 0 aliphatic heterocycles. The average Bonchev–Trinajstić information content (AvgIpc) is 2.83. The van der Waals surface area contributed by atoms with Crippen molar-refractivity contribution in [1.29, 1.82) is 0 Å². The zero-order valence-corrected chi connectivity index (χ0v) is 8.87. The third-order valence-electron chi connectivity index (χ3n) is 2.54. The number of H-pyrrole nitrogens is 1. The van der Waals surface area contributed by atoms with Crippen LogP contribution in [0, 0.1) is 0 Å². The van der Waals surface area contributed by atoms with Gasteiger partial charge in [-0.15, -0.1) is 0 Å². The number of aromatic amines is 1. The molecule has 0 bridgehead atoms.